The molecule has 1 aliphatic heterocycles. The van der Waals surface area contributed by atoms with Gasteiger partial charge in [0.1, 0.15) is 11.4 Å². The zero-order valence-electron chi connectivity index (χ0n) is 12.1. The van der Waals surface area contributed by atoms with Crippen molar-refractivity contribution in [1.29, 1.82) is 0 Å². The number of ether oxygens (including phenoxy) is 1. The van der Waals surface area contributed by atoms with Gasteiger partial charge in [0.25, 0.3) is 0 Å². The molecule has 1 aromatic rings. The Labute approximate surface area is 114 Å². The molecular weight excluding hydrogens is 240 g/mol. The molecule has 0 spiro atoms. The number of fused-ring (bicyclic) bond motifs is 1. The minimum absolute atomic E-state index is 0.0285. The Morgan fingerprint density at radius 3 is 2.84 bits per heavy atom. The van der Waals surface area contributed by atoms with E-state index in [1.165, 1.54) is 0 Å². The first-order chi connectivity index (χ1) is 9.02. The molecule has 0 saturated heterocycles. The Hall–Kier alpha value is -1.71. The van der Waals surface area contributed by atoms with Crippen LogP contribution in [0, 0.1) is 5.92 Å². The third-order valence-corrected chi connectivity index (χ3v) is 3.28. The summed E-state index contributed by atoms with van der Waals surface area (Å²) >= 11 is 0. The van der Waals surface area contributed by atoms with Crippen molar-refractivity contribution in [3.05, 3.63) is 18.2 Å². The van der Waals surface area contributed by atoms with Crippen LogP contribution in [0.1, 0.15) is 27.7 Å². The van der Waals surface area contributed by atoms with E-state index in [4.69, 9.17) is 4.74 Å². The number of nitrogens with zero attached hydrogens (tertiary/aromatic N) is 1. The second-order valence-corrected chi connectivity index (χ2v) is 5.25. The van der Waals surface area contributed by atoms with Crippen LogP contribution < -0.4 is 15.0 Å². The second kappa shape index (κ2) is 5.51. The van der Waals surface area contributed by atoms with Crippen LogP contribution in [-0.4, -0.2) is 25.1 Å². The maximum absolute atomic E-state index is 12.1. The average molecular weight is 262 g/mol. The number of carbonyl (C=O) groups is 1. The highest BCUT2D eigenvalue weighted by Crippen LogP contribution is 2.38. The number of amides is 1. The Morgan fingerprint density at radius 2 is 2.21 bits per heavy atom. The summed E-state index contributed by atoms with van der Waals surface area (Å²) in [5.74, 6) is 0.768. The van der Waals surface area contributed by atoms with E-state index in [9.17, 15) is 4.79 Å². The molecule has 19 heavy (non-hydrogen) atoms. The first-order valence-electron chi connectivity index (χ1n) is 6.88. The van der Waals surface area contributed by atoms with Gasteiger partial charge in [0, 0.05) is 13.1 Å². The summed E-state index contributed by atoms with van der Waals surface area (Å²) in [6.07, 6.45) is 0.0826. The molecule has 1 N–H and O–H groups in total. The maximum Gasteiger partial charge on any atom is 0.229 e. The molecule has 1 atom stereocenters. The molecule has 0 radical (unpaired) electrons. The number of benzene rings is 1. The smallest absolute Gasteiger partial charge is 0.229 e. The third-order valence-electron chi connectivity index (χ3n) is 3.28. The Morgan fingerprint density at radius 1 is 1.47 bits per heavy atom. The van der Waals surface area contributed by atoms with Gasteiger partial charge in [0.05, 0.1) is 17.7 Å². The maximum atomic E-state index is 12.1. The molecule has 0 bridgehead atoms. The van der Waals surface area contributed by atoms with Crippen molar-refractivity contribution in [3.8, 4) is 5.75 Å². The van der Waals surface area contributed by atoms with Crippen LogP contribution in [0.2, 0.25) is 0 Å². The van der Waals surface area contributed by atoms with Crippen molar-refractivity contribution < 1.29 is 9.53 Å². The third kappa shape index (κ3) is 2.83. The second-order valence-electron chi connectivity index (χ2n) is 5.25. The number of hydrogen-bond donors (Lipinski definition) is 1. The minimum Gasteiger partial charge on any atom is -0.489 e. The molecule has 4 nitrogen and oxygen atoms in total. The van der Waals surface area contributed by atoms with Crippen molar-refractivity contribution in [2.45, 2.75) is 33.8 Å². The zero-order chi connectivity index (χ0) is 14.0. The van der Waals surface area contributed by atoms with E-state index in [2.05, 4.69) is 17.1 Å². The summed E-state index contributed by atoms with van der Waals surface area (Å²) in [5, 5.41) is 3.00. The molecule has 0 aliphatic carbocycles. The molecule has 0 saturated carbocycles. The van der Waals surface area contributed by atoms with Gasteiger partial charge in [0.15, 0.2) is 0 Å². The summed E-state index contributed by atoms with van der Waals surface area (Å²) in [4.78, 5) is 14.3. The van der Waals surface area contributed by atoms with Crippen molar-refractivity contribution >= 4 is 17.3 Å². The summed E-state index contributed by atoms with van der Waals surface area (Å²) in [5.41, 5.74) is 1.84. The molecule has 1 unspecified atom stereocenters. The molecule has 1 aromatic carbocycles. The molecule has 1 aliphatic rings. The largest absolute Gasteiger partial charge is 0.489 e. The lowest BCUT2D eigenvalue weighted by molar-refractivity contribution is -0.119. The minimum atomic E-state index is -0.0285. The van der Waals surface area contributed by atoms with E-state index >= 15 is 0 Å². The fourth-order valence-corrected chi connectivity index (χ4v) is 2.32. The van der Waals surface area contributed by atoms with Crippen LogP contribution in [0.25, 0.3) is 0 Å². The van der Waals surface area contributed by atoms with Crippen molar-refractivity contribution in [2.75, 3.05) is 23.3 Å². The van der Waals surface area contributed by atoms with Crippen molar-refractivity contribution in [2.24, 2.45) is 5.92 Å². The van der Waals surface area contributed by atoms with Crippen LogP contribution in [0.3, 0.4) is 0 Å². The van der Waals surface area contributed by atoms with Crippen molar-refractivity contribution in [3.63, 3.8) is 0 Å². The van der Waals surface area contributed by atoms with Crippen molar-refractivity contribution in [1.82, 2.24) is 0 Å². The topological polar surface area (TPSA) is 41.6 Å². The number of carbonyl (C=O) groups excluding carboxylic acids is 1. The van der Waals surface area contributed by atoms with Gasteiger partial charge in [-0.2, -0.15) is 0 Å². The molecule has 0 fully saturated rings. The Balaban J connectivity index is 2.46. The molecule has 0 aromatic heterocycles. The van der Waals surface area contributed by atoms with Gasteiger partial charge < -0.3 is 15.0 Å². The summed E-state index contributed by atoms with van der Waals surface area (Å²) < 4.78 is 5.80. The predicted octanol–water partition coefficient (Wildman–Crippen LogP) is 2.89. The van der Waals surface area contributed by atoms with Gasteiger partial charge in [-0.15, -0.1) is 0 Å². The van der Waals surface area contributed by atoms with Gasteiger partial charge in [0.2, 0.25) is 5.91 Å². The first-order valence-corrected chi connectivity index (χ1v) is 6.88. The highest BCUT2D eigenvalue weighted by atomic mass is 16.5. The normalized spacial score (nSPS) is 18.9. The number of para-hydroxylation sites is 1. The Kier molecular flexibility index (Phi) is 3.98. The van der Waals surface area contributed by atoms with E-state index in [0.29, 0.717) is 0 Å². The van der Waals surface area contributed by atoms with Gasteiger partial charge >= 0.3 is 0 Å². The lowest BCUT2D eigenvalue weighted by Gasteiger charge is -2.24. The molecule has 1 heterocycles. The number of rotatable bonds is 3. The van der Waals surface area contributed by atoms with Gasteiger partial charge in [-0.05, 0) is 32.9 Å². The lowest BCUT2D eigenvalue weighted by Crippen LogP contribution is -2.30. The van der Waals surface area contributed by atoms with Gasteiger partial charge in [-0.3, -0.25) is 4.79 Å². The fraction of sp³-hybridized carbons (Fsp3) is 0.533. The van der Waals surface area contributed by atoms with Crippen LogP contribution >= 0.6 is 0 Å². The molecule has 104 valence electrons. The number of anilines is 2. The predicted molar refractivity (Wildman–Crippen MR) is 77.9 cm³/mol. The molecule has 2 rings (SSSR count). The summed E-state index contributed by atoms with van der Waals surface area (Å²) in [6.45, 7) is 9.63. The van der Waals surface area contributed by atoms with Crippen LogP contribution in [0.15, 0.2) is 18.2 Å². The van der Waals surface area contributed by atoms with Gasteiger partial charge in [-0.25, -0.2) is 0 Å². The average Bonchev–Trinajstić information content (AvgIpc) is 2.48. The van der Waals surface area contributed by atoms with Gasteiger partial charge in [-0.1, -0.05) is 13.0 Å². The van der Waals surface area contributed by atoms with E-state index in [1.54, 1.807) is 0 Å². The number of nitrogens with one attached hydrogen (secondary N) is 1. The molecular formula is C15H22N2O2. The standard InChI is InChI=1S/C15H22N2O2/c1-5-17-9-11(4)15(18)16-14-12(17)7-6-8-13(14)19-10(2)3/h6-8,10-11H,5,9H2,1-4H3,(H,16,18). The molecule has 4 heteroatoms. The van der Waals surface area contributed by atoms with E-state index in [-0.39, 0.29) is 17.9 Å². The SMILES string of the molecule is CCN1CC(C)C(=O)Nc2c(OC(C)C)cccc21. The van der Waals surface area contributed by atoms with Crippen LogP contribution in [0.5, 0.6) is 5.75 Å². The van der Waals surface area contributed by atoms with E-state index in [1.807, 2.05) is 39.0 Å². The Bertz CT molecular complexity index is 471. The van der Waals surface area contributed by atoms with Crippen LogP contribution in [-0.2, 0) is 4.79 Å². The first kappa shape index (κ1) is 13.7. The summed E-state index contributed by atoms with van der Waals surface area (Å²) in [7, 11) is 0. The summed E-state index contributed by atoms with van der Waals surface area (Å²) in [6, 6.07) is 5.91. The highest BCUT2D eigenvalue weighted by molar-refractivity contribution is 5.99. The van der Waals surface area contributed by atoms with E-state index < -0.39 is 0 Å². The monoisotopic (exact) mass is 262 g/mol. The molecule has 1 amide bonds. The quantitative estimate of drug-likeness (QED) is 0.910. The fourth-order valence-electron chi connectivity index (χ4n) is 2.32. The highest BCUT2D eigenvalue weighted by Gasteiger charge is 2.26. The number of hydrogen-bond acceptors (Lipinski definition) is 3. The lowest BCUT2D eigenvalue weighted by atomic mass is 10.1. The zero-order valence-corrected chi connectivity index (χ0v) is 12.1. The van der Waals surface area contributed by atoms with Crippen LogP contribution in [0.4, 0.5) is 11.4 Å². The van der Waals surface area contributed by atoms with E-state index in [0.717, 1.165) is 30.2 Å².